The molecule has 3 N–H and O–H groups in total. The van der Waals surface area contributed by atoms with Crippen molar-refractivity contribution in [3.05, 3.63) is 47.0 Å². The van der Waals surface area contributed by atoms with Crippen molar-refractivity contribution in [1.82, 2.24) is 25.5 Å². The molecule has 1 saturated heterocycles. The molecule has 142 valence electrons. The van der Waals surface area contributed by atoms with E-state index in [9.17, 15) is 14.4 Å². The summed E-state index contributed by atoms with van der Waals surface area (Å²) >= 11 is 0. The number of aryl methyl sites for hydroxylation is 1. The number of rotatable bonds is 3. The third-order valence-corrected chi connectivity index (χ3v) is 4.68. The fourth-order valence-corrected chi connectivity index (χ4v) is 3.27. The molecule has 2 aliphatic heterocycles. The van der Waals surface area contributed by atoms with Crippen molar-refractivity contribution in [2.45, 2.75) is 19.0 Å². The third-order valence-electron chi connectivity index (χ3n) is 4.68. The van der Waals surface area contributed by atoms with Crippen LogP contribution >= 0.6 is 0 Å². The first-order chi connectivity index (χ1) is 13.4. The summed E-state index contributed by atoms with van der Waals surface area (Å²) in [6.45, 7) is 2.01. The number of fused-ring (bicyclic) bond motifs is 1. The van der Waals surface area contributed by atoms with E-state index in [0.717, 1.165) is 5.56 Å². The molecular weight excluding hydrogens is 362 g/mol. The highest BCUT2D eigenvalue weighted by Gasteiger charge is 2.48. The summed E-state index contributed by atoms with van der Waals surface area (Å²) in [6.07, 6.45) is 1.54. The number of amides is 4. The van der Waals surface area contributed by atoms with Gasteiger partial charge in [0.15, 0.2) is 0 Å². The molecule has 4 amide bonds. The number of H-pyrrole nitrogens is 1. The molecule has 0 radical (unpaired) electrons. The Morgan fingerprint density at radius 2 is 2.14 bits per heavy atom. The molecule has 1 atom stereocenters. The molecule has 0 saturated carbocycles. The van der Waals surface area contributed by atoms with E-state index in [-0.39, 0.29) is 12.5 Å². The van der Waals surface area contributed by atoms with E-state index in [2.05, 4.69) is 32.4 Å². The first-order valence-corrected chi connectivity index (χ1v) is 8.55. The standard InChI is InChI=1S/C19H17N5O4/c1-11-20-8-13(21-11)5-6-19(17(26)22-18(27)23-19)10-24-9-12-3-4-14(28-2)7-15(12)16(24)25/h3-4,7-8H,9-10H2,1-2H3,(H,20,21)(H2,22,23,26,27)/t19-/m1/s1. The fourth-order valence-electron chi connectivity index (χ4n) is 3.27. The van der Waals surface area contributed by atoms with Gasteiger partial charge in [0.25, 0.3) is 11.8 Å². The van der Waals surface area contributed by atoms with Gasteiger partial charge in [-0.3, -0.25) is 14.9 Å². The third kappa shape index (κ3) is 2.95. The Hall–Kier alpha value is -3.80. The van der Waals surface area contributed by atoms with Gasteiger partial charge in [-0.15, -0.1) is 0 Å². The van der Waals surface area contributed by atoms with Crippen LogP contribution in [0.1, 0.15) is 27.4 Å². The number of aromatic amines is 1. The lowest BCUT2D eigenvalue weighted by atomic mass is 9.99. The lowest BCUT2D eigenvalue weighted by Crippen LogP contribution is -2.54. The van der Waals surface area contributed by atoms with Crippen LogP contribution in [0.25, 0.3) is 0 Å². The van der Waals surface area contributed by atoms with E-state index >= 15 is 0 Å². The van der Waals surface area contributed by atoms with Crippen molar-refractivity contribution < 1.29 is 19.1 Å². The summed E-state index contributed by atoms with van der Waals surface area (Å²) in [5.41, 5.74) is 0.295. The molecule has 9 heteroatoms. The van der Waals surface area contributed by atoms with Crippen LogP contribution in [0.5, 0.6) is 5.75 Å². The zero-order valence-corrected chi connectivity index (χ0v) is 15.3. The number of methoxy groups -OCH3 is 1. The summed E-state index contributed by atoms with van der Waals surface area (Å²) in [4.78, 5) is 45.6. The Balaban J connectivity index is 1.64. The maximum Gasteiger partial charge on any atom is 0.323 e. The summed E-state index contributed by atoms with van der Waals surface area (Å²) in [6, 6.07) is 4.60. The number of aromatic nitrogens is 2. The van der Waals surface area contributed by atoms with Gasteiger partial charge in [0.1, 0.15) is 17.3 Å². The van der Waals surface area contributed by atoms with Crippen LogP contribution in [0.2, 0.25) is 0 Å². The average molecular weight is 379 g/mol. The maximum absolute atomic E-state index is 12.8. The van der Waals surface area contributed by atoms with Crippen LogP contribution in [0.3, 0.4) is 0 Å². The Labute approximate surface area is 160 Å². The van der Waals surface area contributed by atoms with Gasteiger partial charge in [-0.25, -0.2) is 9.78 Å². The second-order valence-electron chi connectivity index (χ2n) is 6.63. The number of urea groups is 1. The van der Waals surface area contributed by atoms with E-state index in [1.807, 2.05) is 6.07 Å². The van der Waals surface area contributed by atoms with Crippen LogP contribution in [0.15, 0.2) is 24.4 Å². The molecule has 1 fully saturated rings. The monoisotopic (exact) mass is 379 g/mol. The van der Waals surface area contributed by atoms with Crippen molar-refractivity contribution in [3.8, 4) is 17.6 Å². The first-order valence-electron chi connectivity index (χ1n) is 8.55. The number of imidazole rings is 1. The van der Waals surface area contributed by atoms with Crippen molar-refractivity contribution in [2.24, 2.45) is 0 Å². The maximum atomic E-state index is 12.8. The van der Waals surface area contributed by atoms with Gasteiger partial charge in [0, 0.05) is 12.1 Å². The van der Waals surface area contributed by atoms with Crippen molar-refractivity contribution in [1.29, 1.82) is 0 Å². The number of hydrogen-bond acceptors (Lipinski definition) is 5. The lowest BCUT2D eigenvalue weighted by molar-refractivity contribution is -0.122. The van der Waals surface area contributed by atoms with E-state index in [0.29, 0.717) is 29.4 Å². The quantitative estimate of drug-likeness (QED) is 0.524. The normalized spacial score (nSPS) is 20.4. The molecule has 9 nitrogen and oxygen atoms in total. The molecule has 0 aliphatic carbocycles. The molecule has 0 spiro atoms. The molecule has 0 unspecified atom stereocenters. The topological polar surface area (TPSA) is 116 Å². The summed E-state index contributed by atoms with van der Waals surface area (Å²) in [5, 5.41) is 4.77. The predicted octanol–water partition coefficient (Wildman–Crippen LogP) is 0.312. The highest BCUT2D eigenvalue weighted by Crippen LogP contribution is 2.28. The first kappa shape index (κ1) is 17.6. The Morgan fingerprint density at radius 3 is 2.79 bits per heavy atom. The lowest BCUT2D eigenvalue weighted by Gasteiger charge is -2.26. The second kappa shape index (κ2) is 6.42. The molecular formula is C19H17N5O4. The molecule has 2 aliphatic rings. The van der Waals surface area contributed by atoms with Crippen LogP contribution < -0.4 is 15.4 Å². The smallest absolute Gasteiger partial charge is 0.323 e. The minimum atomic E-state index is -1.54. The Kier molecular flexibility index (Phi) is 4.04. The average Bonchev–Trinajstić information content (AvgIpc) is 3.30. The number of carbonyl (C=O) groups is 3. The number of hydrogen-bond donors (Lipinski definition) is 3. The molecule has 28 heavy (non-hydrogen) atoms. The van der Waals surface area contributed by atoms with Gasteiger partial charge in [-0.05, 0) is 30.5 Å². The fraction of sp³-hybridized carbons (Fsp3) is 0.263. The predicted molar refractivity (Wildman–Crippen MR) is 97.3 cm³/mol. The Morgan fingerprint density at radius 1 is 1.32 bits per heavy atom. The van der Waals surface area contributed by atoms with Gasteiger partial charge >= 0.3 is 6.03 Å². The van der Waals surface area contributed by atoms with Crippen LogP contribution in [0.4, 0.5) is 4.79 Å². The summed E-state index contributed by atoms with van der Waals surface area (Å²) in [7, 11) is 1.53. The van der Waals surface area contributed by atoms with Crippen LogP contribution in [0, 0.1) is 18.8 Å². The molecule has 2 aromatic rings. The molecule has 3 heterocycles. The number of nitrogens with one attached hydrogen (secondary N) is 3. The number of nitrogens with zero attached hydrogens (tertiary/aromatic N) is 2. The number of carbonyl (C=O) groups excluding carboxylic acids is 3. The van der Waals surface area contributed by atoms with Crippen LogP contribution in [-0.4, -0.2) is 51.9 Å². The highest BCUT2D eigenvalue weighted by atomic mass is 16.5. The minimum absolute atomic E-state index is 0.0828. The number of benzene rings is 1. The van der Waals surface area contributed by atoms with Crippen LogP contribution in [-0.2, 0) is 11.3 Å². The number of ether oxygens (including phenoxy) is 1. The van der Waals surface area contributed by atoms with Gasteiger partial charge in [-0.1, -0.05) is 12.0 Å². The van der Waals surface area contributed by atoms with Gasteiger partial charge in [0.2, 0.25) is 5.54 Å². The van der Waals surface area contributed by atoms with Crippen molar-refractivity contribution >= 4 is 17.8 Å². The van der Waals surface area contributed by atoms with Gasteiger partial charge < -0.3 is 19.9 Å². The van der Waals surface area contributed by atoms with Crippen molar-refractivity contribution in [2.75, 3.05) is 13.7 Å². The van der Waals surface area contributed by atoms with Crippen molar-refractivity contribution in [3.63, 3.8) is 0 Å². The zero-order chi connectivity index (χ0) is 19.9. The molecule has 4 rings (SSSR count). The highest BCUT2D eigenvalue weighted by molar-refractivity contribution is 6.10. The second-order valence-corrected chi connectivity index (χ2v) is 6.63. The van der Waals surface area contributed by atoms with E-state index in [1.54, 1.807) is 19.1 Å². The molecule has 1 aromatic carbocycles. The molecule has 1 aromatic heterocycles. The van der Waals surface area contributed by atoms with Gasteiger partial charge in [-0.2, -0.15) is 0 Å². The zero-order valence-electron chi connectivity index (χ0n) is 15.3. The SMILES string of the molecule is COc1ccc2c(c1)C(=O)N(C[C@@]1(C#Cc3cnc(C)[nH]3)NC(=O)NC1=O)C2. The minimum Gasteiger partial charge on any atom is -0.497 e. The van der Waals surface area contributed by atoms with E-state index in [4.69, 9.17) is 4.74 Å². The van der Waals surface area contributed by atoms with Gasteiger partial charge in [0.05, 0.1) is 19.9 Å². The largest absolute Gasteiger partial charge is 0.497 e. The number of imide groups is 1. The summed E-state index contributed by atoms with van der Waals surface area (Å²) < 4.78 is 5.17. The molecule has 0 bridgehead atoms. The summed E-state index contributed by atoms with van der Waals surface area (Å²) in [5.74, 6) is 6.05. The Bertz CT molecular complexity index is 1060. The van der Waals surface area contributed by atoms with E-state index < -0.39 is 17.5 Å². The van der Waals surface area contributed by atoms with E-state index in [1.165, 1.54) is 18.2 Å².